The molecule has 1 unspecified atom stereocenters. The van der Waals surface area contributed by atoms with Crippen molar-refractivity contribution >= 4 is 35.3 Å². The Morgan fingerprint density at radius 2 is 2.12 bits per heavy atom. The van der Waals surface area contributed by atoms with Gasteiger partial charge in [-0.3, -0.25) is 4.90 Å². The molecule has 1 aromatic rings. The molecule has 98 valence electrons. The van der Waals surface area contributed by atoms with Gasteiger partial charge in [-0.15, -0.1) is 23.7 Å². The minimum atomic E-state index is 0. The van der Waals surface area contributed by atoms with E-state index in [2.05, 4.69) is 17.9 Å². The number of rotatable bonds is 3. The van der Waals surface area contributed by atoms with Gasteiger partial charge in [0, 0.05) is 17.5 Å². The highest BCUT2D eigenvalue weighted by Crippen LogP contribution is 2.25. The molecule has 0 saturated carbocycles. The highest BCUT2D eigenvalue weighted by atomic mass is 35.5. The van der Waals surface area contributed by atoms with Gasteiger partial charge in [0.15, 0.2) is 0 Å². The molecule has 0 radical (unpaired) electrons. The first-order chi connectivity index (χ1) is 7.65. The maximum absolute atomic E-state index is 5.93. The summed E-state index contributed by atoms with van der Waals surface area (Å²) in [4.78, 5) is 3.87. The number of likely N-dealkylation sites (tertiary alicyclic amines) is 1. The standard InChI is InChI=1S/C12H19ClN2S.ClH/c1-9(14)10-4-6-15(7-5-10)8-11-2-3-12(13)16-11;/h2-3,9-10H,4-8,14H2,1H3;1H. The third-order valence-corrected chi connectivity index (χ3v) is 4.60. The summed E-state index contributed by atoms with van der Waals surface area (Å²) in [6.45, 7) is 5.51. The van der Waals surface area contributed by atoms with E-state index < -0.39 is 0 Å². The van der Waals surface area contributed by atoms with E-state index in [-0.39, 0.29) is 12.4 Å². The van der Waals surface area contributed by atoms with Gasteiger partial charge in [-0.25, -0.2) is 0 Å². The molecule has 0 spiro atoms. The number of halogens is 2. The van der Waals surface area contributed by atoms with Gasteiger partial charge in [-0.2, -0.15) is 0 Å². The predicted octanol–water partition coefficient (Wildman–Crippen LogP) is 3.38. The summed E-state index contributed by atoms with van der Waals surface area (Å²) in [6.07, 6.45) is 2.47. The van der Waals surface area contributed by atoms with Crippen LogP contribution in [0.15, 0.2) is 12.1 Å². The Labute approximate surface area is 119 Å². The van der Waals surface area contributed by atoms with Crippen LogP contribution in [0, 0.1) is 5.92 Å². The van der Waals surface area contributed by atoms with E-state index in [1.165, 1.54) is 30.8 Å². The Kier molecular flexibility index (Phi) is 6.24. The topological polar surface area (TPSA) is 29.3 Å². The molecule has 1 atom stereocenters. The minimum absolute atomic E-state index is 0. The van der Waals surface area contributed by atoms with Gasteiger partial charge < -0.3 is 5.73 Å². The number of thiophene rings is 1. The van der Waals surface area contributed by atoms with Crippen LogP contribution >= 0.6 is 35.3 Å². The molecular weight excluding hydrogens is 275 g/mol. The second-order valence-electron chi connectivity index (χ2n) is 4.68. The van der Waals surface area contributed by atoms with E-state index in [1.807, 2.05) is 6.07 Å². The number of nitrogens with zero attached hydrogens (tertiary/aromatic N) is 1. The molecule has 1 aromatic heterocycles. The van der Waals surface area contributed by atoms with E-state index >= 15 is 0 Å². The first-order valence-electron chi connectivity index (χ1n) is 5.87. The molecule has 2 nitrogen and oxygen atoms in total. The van der Waals surface area contributed by atoms with E-state index in [9.17, 15) is 0 Å². The van der Waals surface area contributed by atoms with Crippen molar-refractivity contribution in [3.63, 3.8) is 0 Å². The summed E-state index contributed by atoms with van der Waals surface area (Å²) in [5, 5.41) is 0. The molecule has 0 amide bonds. The van der Waals surface area contributed by atoms with Gasteiger partial charge in [0.05, 0.1) is 4.34 Å². The quantitative estimate of drug-likeness (QED) is 0.926. The molecule has 0 aromatic carbocycles. The minimum Gasteiger partial charge on any atom is -0.328 e. The molecule has 5 heteroatoms. The van der Waals surface area contributed by atoms with Crippen LogP contribution in [0.4, 0.5) is 0 Å². The summed E-state index contributed by atoms with van der Waals surface area (Å²) in [7, 11) is 0. The lowest BCUT2D eigenvalue weighted by molar-refractivity contribution is 0.167. The van der Waals surface area contributed by atoms with Gasteiger partial charge in [0.25, 0.3) is 0 Å². The molecule has 0 aliphatic carbocycles. The zero-order valence-corrected chi connectivity index (χ0v) is 12.5. The molecule has 2 heterocycles. The first kappa shape index (κ1) is 15.3. The summed E-state index contributed by atoms with van der Waals surface area (Å²) in [5.74, 6) is 0.711. The van der Waals surface area contributed by atoms with Crippen LogP contribution in [0.5, 0.6) is 0 Å². The van der Waals surface area contributed by atoms with Gasteiger partial charge in [-0.05, 0) is 50.9 Å². The van der Waals surface area contributed by atoms with Crippen molar-refractivity contribution in [3.05, 3.63) is 21.3 Å². The molecule has 1 aliphatic rings. The number of hydrogen-bond donors (Lipinski definition) is 1. The number of piperidine rings is 1. The lowest BCUT2D eigenvalue weighted by Crippen LogP contribution is -2.39. The van der Waals surface area contributed by atoms with Gasteiger partial charge >= 0.3 is 0 Å². The van der Waals surface area contributed by atoms with Crippen molar-refractivity contribution in [1.82, 2.24) is 4.90 Å². The predicted molar refractivity (Wildman–Crippen MR) is 78.2 cm³/mol. The molecular formula is C12H20Cl2N2S. The Morgan fingerprint density at radius 1 is 1.47 bits per heavy atom. The second-order valence-corrected chi connectivity index (χ2v) is 6.48. The van der Waals surface area contributed by atoms with Crippen LogP contribution in [-0.4, -0.2) is 24.0 Å². The van der Waals surface area contributed by atoms with Crippen LogP contribution in [0.1, 0.15) is 24.6 Å². The molecule has 1 saturated heterocycles. The molecule has 1 aliphatic heterocycles. The van der Waals surface area contributed by atoms with Crippen LogP contribution in [0.3, 0.4) is 0 Å². The van der Waals surface area contributed by atoms with Crippen molar-refractivity contribution in [3.8, 4) is 0 Å². The summed E-state index contributed by atoms with van der Waals surface area (Å²) < 4.78 is 0.889. The zero-order valence-electron chi connectivity index (χ0n) is 10.1. The first-order valence-corrected chi connectivity index (χ1v) is 7.07. The summed E-state index contributed by atoms with van der Waals surface area (Å²) >= 11 is 7.61. The van der Waals surface area contributed by atoms with Crippen molar-refractivity contribution in [1.29, 1.82) is 0 Å². The highest BCUT2D eigenvalue weighted by Gasteiger charge is 2.21. The average Bonchev–Trinajstić information content (AvgIpc) is 2.65. The fraction of sp³-hybridized carbons (Fsp3) is 0.667. The molecule has 17 heavy (non-hydrogen) atoms. The normalized spacial score (nSPS) is 19.9. The average molecular weight is 295 g/mol. The highest BCUT2D eigenvalue weighted by molar-refractivity contribution is 7.16. The van der Waals surface area contributed by atoms with Gasteiger partial charge in [0.1, 0.15) is 0 Å². The number of nitrogens with two attached hydrogens (primary N) is 1. The maximum atomic E-state index is 5.93. The third kappa shape index (κ3) is 4.42. The van der Waals surface area contributed by atoms with Gasteiger partial charge in [-0.1, -0.05) is 11.6 Å². The Morgan fingerprint density at radius 3 is 2.59 bits per heavy atom. The van der Waals surface area contributed by atoms with Crippen molar-refractivity contribution in [2.45, 2.75) is 32.4 Å². The summed E-state index contributed by atoms with van der Waals surface area (Å²) in [5.41, 5.74) is 5.93. The van der Waals surface area contributed by atoms with Crippen molar-refractivity contribution in [2.75, 3.05) is 13.1 Å². The van der Waals surface area contributed by atoms with Crippen molar-refractivity contribution < 1.29 is 0 Å². The summed E-state index contributed by atoms with van der Waals surface area (Å²) in [6, 6.07) is 4.46. The monoisotopic (exact) mass is 294 g/mol. The van der Waals surface area contributed by atoms with E-state index in [4.69, 9.17) is 17.3 Å². The van der Waals surface area contributed by atoms with Crippen LogP contribution in [0.2, 0.25) is 4.34 Å². The van der Waals surface area contributed by atoms with E-state index in [1.54, 1.807) is 11.3 Å². The smallest absolute Gasteiger partial charge is 0.0931 e. The maximum Gasteiger partial charge on any atom is 0.0931 e. The molecule has 1 fully saturated rings. The van der Waals surface area contributed by atoms with Gasteiger partial charge in [0.2, 0.25) is 0 Å². The SMILES string of the molecule is CC(N)C1CCN(Cc2ccc(Cl)s2)CC1.Cl. The fourth-order valence-electron chi connectivity index (χ4n) is 2.29. The van der Waals surface area contributed by atoms with E-state index in [0.29, 0.717) is 12.0 Å². The zero-order chi connectivity index (χ0) is 11.5. The molecule has 2 N–H and O–H groups in total. The second kappa shape index (κ2) is 6.95. The third-order valence-electron chi connectivity index (χ3n) is 3.38. The van der Waals surface area contributed by atoms with Crippen LogP contribution < -0.4 is 5.73 Å². The Balaban J connectivity index is 0.00000144. The molecule has 2 rings (SSSR count). The van der Waals surface area contributed by atoms with Crippen molar-refractivity contribution in [2.24, 2.45) is 11.7 Å². The Bertz CT molecular complexity index is 333. The van der Waals surface area contributed by atoms with E-state index in [0.717, 1.165) is 10.9 Å². The number of hydrogen-bond acceptors (Lipinski definition) is 3. The lowest BCUT2D eigenvalue weighted by Gasteiger charge is -2.33. The lowest BCUT2D eigenvalue weighted by atomic mass is 9.91. The Hall–Kier alpha value is 0.200. The largest absolute Gasteiger partial charge is 0.328 e. The molecule has 0 bridgehead atoms. The van der Waals surface area contributed by atoms with Crippen LogP contribution in [0.25, 0.3) is 0 Å². The fourth-order valence-corrected chi connectivity index (χ4v) is 3.42. The van der Waals surface area contributed by atoms with Crippen LogP contribution in [-0.2, 0) is 6.54 Å².